The van der Waals surface area contributed by atoms with Crippen LogP contribution in [0.25, 0.3) is 0 Å². The monoisotopic (exact) mass is 719 g/mol. The van der Waals surface area contributed by atoms with Crippen LogP contribution in [0.2, 0.25) is 0 Å². The predicted octanol–water partition coefficient (Wildman–Crippen LogP) is 4.50. The maximum atomic E-state index is 14.4. The second-order valence-electron chi connectivity index (χ2n) is 10.7. The van der Waals surface area contributed by atoms with Crippen molar-refractivity contribution in [2.75, 3.05) is 13.7 Å². The van der Waals surface area contributed by atoms with E-state index in [1.54, 1.807) is 34.6 Å². The van der Waals surface area contributed by atoms with Crippen molar-refractivity contribution in [3.05, 3.63) is 35.0 Å². The lowest BCUT2D eigenvalue weighted by molar-refractivity contribution is -0.594. The van der Waals surface area contributed by atoms with Crippen LogP contribution in [0, 0.1) is 16.0 Å². The predicted molar refractivity (Wildman–Crippen MR) is 132 cm³/mol. The molecule has 0 aliphatic heterocycles. The third-order valence-electron chi connectivity index (χ3n) is 6.67. The minimum absolute atomic E-state index is 0.0651. The van der Waals surface area contributed by atoms with Gasteiger partial charge in [0.1, 0.15) is 5.75 Å². The summed E-state index contributed by atoms with van der Waals surface area (Å²) in [7, 11) is -25.0. The Bertz CT molecular complexity index is 1560. The number of esters is 1. The van der Waals surface area contributed by atoms with Crippen molar-refractivity contribution in [3.8, 4) is 5.75 Å². The molecule has 0 radical (unpaired) electrons. The Morgan fingerprint density at radius 1 is 0.773 bits per heavy atom. The van der Waals surface area contributed by atoms with Gasteiger partial charge in [0.05, 0.1) is 19.1 Å². The first kappa shape index (κ1) is 39.7. The fourth-order valence-electron chi connectivity index (χ4n) is 2.65. The van der Waals surface area contributed by atoms with Gasteiger partial charge in [-0.3, -0.25) is 4.79 Å². The number of halogens is 9. The number of nitrogens with zero attached hydrogens (tertiary/aromatic N) is 1. The second kappa shape index (κ2) is 11.5. The van der Waals surface area contributed by atoms with E-state index in [-0.39, 0.29) is 18.6 Å². The molecule has 0 aliphatic carbocycles. The normalized spacial score (nSPS) is 16.3. The van der Waals surface area contributed by atoms with Crippen LogP contribution in [-0.4, -0.2) is 70.3 Å². The van der Waals surface area contributed by atoms with E-state index in [0.29, 0.717) is 12.1 Å². The molecule has 1 unspecified atom stereocenters. The quantitative estimate of drug-likeness (QED) is 0.0990. The molecule has 1 atom stereocenters. The van der Waals surface area contributed by atoms with Crippen molar-refractivity contribution in [2.45, 2.75) is 63.0 Å². The standard InChI is InChI=1S/C21H26F9NO10S3/c1-16(2,3)17(4,5)15(32)40-12-11-13-7-9-14(10-8-13)41-44(38,39)20(26,27)18(22,23)19(24,25)42(34,35)31(6,33)43(36,37)21(28,29)30/h7-10H,11-12H2,1-6H3. The number of benzene rings is 1. The summed E-state index contributed by atoms with van der Waals surface area (Å²) in [5, 5.41) is -3.31. The number of quaternary nitrogens is 1. The zero-order chi connectivity index (χ0) is 35.4. The molecule has 1 aromatic rings. The first-order valence-electron chi connectivity index (χ1n) is 11.6. The van der Waals surface area contributed by atoms with E-state index in [2.05, 4.69) is 4.18 Å². The largest absolute Gasteiger partial charge is 0.601 e. The molecule has 11 nitrogen and oxygen atoms in total. The molecule has 0 saturated carbocycles. The average molecular weight is 720 g/mol. The summed E-state index contributed by atoms with van der Waals surface area (Å²) in [6, 6.07) is 2.95. The number of alkyl halides is 9. The number of carbonyl (C=O) groups is 1. The molecule has 23 heteroatoms. The molecule has 44 heavy (non-hydrogen) atoms. The van der Waals surface area contributed by atoms with Crippen molar-refractivity contribution < 1.29 is 81.9 Å². The topological polar surface area (TPSA) is 161 Å². The number of sulfonamides is 2. The number of carbonyl (C=O) groups excluding carboxylic acids is 1. The Morgan fingerprint density at radius 3 is 1.59 bits per heavy atom. The lowest BCUT2D eigenvalue weighted by Crippen LogP contribution is -2.68. The Balaban J connectivity index is 3.28. The van der Waals surface area contributed by atoms with Gasteiger partial charge >= 0.3 is 58.1 Å². The minimum Gasteiger partial charge on any atom is -0.601 e. The molecule has 0 amide bonds. The van der Waals surface area contributed by atoms with Crippen LogP contribution >= 0.6 is 0 Å². The zero-order valence-corrected chi connectivity index (χ0v) is 25.8. The fraction of sp³-hybridized carbons (Fsp3) is 0.667. The van der Waals surface area contributed by atoms with Gasteiger partial charge in [0.2, 0.25) is 0 Å². The van der Waals surface area contributed by atoms with Gasteiger partial charge in [-0.25, -0.2) is 0 Å². The van der Waals surface area contributed by atoms with E-state index in [9.17, 15) is 74.8 Å². The van der Waals surface area contributed by atoms with E-state index in [1.807, 2.05) is 0 Å². The first-order valence-corrected chi connectivity index (χ1v) is 15.8. The fourth-order valence-corrected chi connectivity index (χ4v) is 6.44. The number of rotatable bonds is 12. The highest BCUT2D eigenvalue weighted by Crippen LogP contribution is 2.54. The summed E-state index contributed by atoms with van der Waals surface area (Å²) >= 11 is 0. The van der Waals surface area contributed by atoms with Crippen molar-refractivity contribution in [1.82, 2.24) is 0 Å². The molecule has 1 rings (SSSR count). The second-order valence-corrected chi connectivity index (χ2v) is 16.8. The van der Waals surface area contributed by atoms with Crippen LogP contribution in [0.5, 0.6) is 5.75 Å². The van der Waals surface area contributed by atoms with Gasteiger partial charge in [-0.2, -0.15) is 64.8 Å². The molecular weight excluding hydrogens is 693 g/mol. The summed E-state index contributed by atoms with van der Waals surface area (Å²) in [6.45, 7) is 8.33. The molecule has 0 aromatic heterocycles. The van der Waals surface area contributed by atoms with E-state index in [4.69, 9.17) is 4.74 Å². The highest BCUT2D eigenvalue weighted by Gasteiger charge is 2.87. The van der Waals surface area contributed by atoms with E-state index in [1.165, 1.54) is 0 Å². The first-order chi connectivity index (χ1) is 19.1. The molecule has 0 heterocycles. The number of hydroxylamine groups is 1. The highest BCUT2D eigenvalue weighted by atomic mass is 32.3. The van der Waals surface area contributed by atoms with Gasteiger partial charge < -0.3 is 14.1 Å². The summed E-state index contributed by atoms with van der Waals surface area (Å²) in [5.41, 5.74) is -8.20. The zero-order valence-electron chi connectivity index (χ0n) is 23.4. The lowest BCUT2D eigenvalue weighted by atomic mass is 9.69. The Hall–Kier alpha value is -2.37. The smallest absolute Gasteiger partial charge is 0.551 e. The molecule has 0 bridgehead atoms. The molecule has 0 N–H and O–H groups in total. The van der Waals surface area contributed by atoms with Crippen molar-refractivity contribution >= 4 is 36.1 Å². The van der Waals surface area contributed by atoms with Gasteiger partial charge in [-0.15, -0.1) is 3.46 Å². The van der Waals surface area contributed by atoms with Crippen molar-refractivity contribution in [2.24, 2.45) is 10.8 Å². The van der Waals surface area contributed by atoms with Gasteiger partial charge in [-0.05, 0) is 37.0 Å². The Kier molecular flexibility index (Phi) is 10.3. The summed E-state index contributed by atoms with van der Waals surface area (Å²) in [4.78, 5) is 12.3. The average Bonchev–Trinajstić information content (AvgIpc) is 2.82. The van der Waals surface area contributed by atoms with Crippen LogP contribution in [-0.2, 0) is 46.1 Å². The van der Waals surface area contributed by atoms with Gasteiger partial charge in [0.15, 0.2) is 0 Å². The Morgan fingerprint density at radius 2 is 1.20 bits per heavy atom. The number of hydrogen-bond acceptors (Lipinski definition) is 10. The number of ether oxygens (including phenoxy) is 1. The van der Waals surface area contributed by atoms with E-state index < -0.39 is 85.2 Å². The summed E-state index contributed by atoms with van der Waals surface area (Å²) in [6.07, 6.45) is -0.0651. The molecule has 1 aromatic carbocycles. The maximum absolute atomic E-state index is 14.4. The van der Waals surface area contributed by atoms with Crippen LogP contribution < -0.4 is 4.18 Å². The van der Waals surface area contributed by atoms with E-state index in [0.717, 1.165) is 12.1 Å². The van der Waals surface area contributed by atoms with Crippen LogP contribution in [0.1, 0.15) is 40.2 Å². The summed E-state index contributed by atoms with van der Waals surface area (Å²) in [5.74, 6) is -9.64. The summed E-state index contributed by atoms with van der Waals surface area (Å²) < 4.78 is 197. The molecule has 0 fully saturated rings. The van der Waals surface area contributed by atoms with Crippen LogP contribution in [0.15, 0.2) is 24.3 Å². The molecular formula is C21H26F9NO10S3. The van der Waals surface area contributed by atoms with E-state index >= 15 is 0 Å². The van der Waals surface area contributed by atoms with Crippen LogP contribution in [0.3, 0.4) is 0 Å². The van der Waals surface area contributed by atoms with Crippen molar-refractivity contribution in [1.29, 1.82) is 0 Å². The molecule has 256 valence electrons. The van der Waals surface area contributed by atoms with Crippen LogP contribution in [0.4, 0.5) is 39.5 Å². The number of hydrogen-bond donors (Lipinski definition) is 0. The lowest BCUT2D eigenvalue weighted by Gasteiger charge is -2.39. The van der Waals surface area contributed by atoms with Gasteiger partial charge in [-0.1, -0.05) is 32.9 Å². The maximum Gasteiger partial charge on any atom is 0.551 e. The third-order valence-corrected chi connectivity index (χ3v) is 12.4. The van der Waals surface area contributed by atoms with Gasteiger partial charge in [0, 0.05) is 6.42 Å². The third kappa shape index (κ3) is 6.33. The highest BCUT2D eigenvalue weighted by molar-refractivity contribution is 7.99. The molecule has 0 saturated heterocycles. The van der Waals surface area contributed by atoms with Crippen molar-refractivity contribution in [3.63, 3.8) is 0 Å². The SMILES string of the molecule is CC(C)(C)C(C)(C)C(=O)OCCc1ccc(OS(=O)(=O)C(F)(F)C(F)(F)C(F)(F)S(=O)(=O)[N+](C)([O-])S(=O)(=O)C(F)(F)F)cc1. The molecule has 0 spiro atoms. The minimum atomic E-state index is -8.44. The molecule has 0 aliphatic rings. The van der Waals surface area contributed by atoms with Gasteiger partial charge in [0.25, 0.3) is 0 Å². The Labute approximate surface area is 246 Å².